The minimum Gasteiger partial charge on any atom is -0.480 e. The minimum atomic E-state index is -4.92. The van der Waals surface area contributed by atoms with Crippen molar-refractivity contribution >= 4 is 104 Å². The number of aromatic amines is 1. The third-order valence-corrected chi connectivity index (χ3v) is 18.3. The van der Waals surface area contributed by atoms with Gasteiger partial charge in [0.25, 0.3) is 5.69 Å². The Morgan fingerprint density at radius 2 is 1.49 bits per heavy atom. The molecule has 89 heavy (non-hydrogen) atoms. The number of nitrogens with zero attached hydrogens (tertiary/aromatic N) is 2. The smallest absolute Gasteiger partial charge is 0.326 e. The monoisotopic (exact) mass is 1280 g/mol. The summed E-state index contributed by atoms with van der Waals surface area (Å²) in [4.78, 5) is 164. The number of nitrogens with two attached hydrogens (primary N) is 1. The van der Waals surface area contributed by atoms with Crippen LogP contribution in [0.4, 0.5) is 5.69 Å². The Morgan fingerprint density at radius 1 is 0.854 bits per heavy atom. The lowest BCUT2D eigenvalue weighted by Crippen LogP contribution is -2.60. The fraction of sp³-hybridized carbons (Fsp3) is 0.561. The first-order valence-electron chi connectivity index (χ1n) is 29.2. The topological polar surface area (TPSA) is 442 Å². The Labute approximate surface area is 516 Å². The molecule has 2 fully saturated rings. The number of sulfonamides is 1. The predicted octanol–water partition coefficient (Wildman–Crippen LogP) is 0.479. The molecule has 1 saturated carbocycles. The zero-order chi connectivity index (χ0) is 65.3. The SMILES string of the molecule is CC[C@H](C)[C@@H]1NC(=O)CNC(=O)C(NS(=O)(=O)c2ccccc2[N+](=O)[O-])Cc2c([nH]c3ccccc23)SCC(C(=O)NC(CC(N)=O)C(=O)N2CC(OC3CCCCCCC3)C[C@H]2C(=O)N[C@H](C(=O)O)[C@@H](C)[C@H](COC(C)=O)OC(C)=O)NC(=O)CNC1=O. The summed E-state index contributed by atoms with van der Waals surface area (Å²) in [6.07, 6.45) is 2.20. The van der Waals surface area contributed by atoms with Gasteiger partial charge in [-0.05, 0) is 36.5 Å². The number of ether oxygens (including phenoxy) is 3. The van der Waals surface area contributed by atoms with Gasteiger partial charge in [-0.15, -0.1) is 11.8 Å². The number of rotatable bonds is 21. The summed E-state index contributed by atoms with van der Waals surface area (Å²) < 4.78 is 47.4. The van der Waals surface area contributed by atoms with Crippen LogP contribution in [0.5, 0.6) is 0 Å². The fourth-order valence-corrected chi connectivity index (χ4v) is 13.2. The average molecular weight is 1280 g/mol. The predicted molar refractivity (Wildman–Crippen MR) is 317 cm³/mol. The molecule has 3 heterocycles. The zero-order valence-electron chi connectivity index (χ0n) is 49.9. The Morgan fingerprint density at radius 3 is 2.13 bits per heavy atom. The van der Waals surface area contributed by atoms with Crippen LogP contribution in [-0.2, 0) is 83.4 Å². The third kappa shape index (κ3) is 19.6. The van der Waals surface area contributed by atoms with Crippen LogP contribution in [0.3, 0.4) is 0 Å². The Bertz CT molecular complexity index is 3250. The molecule has 2 aromatic carbocycles. The molecule has 6 rings (SSSR count). The van der Waals surface area contributed by atoms with Crippen LogP contribution in [0.25, 0.3) is 10.9 Å². The summed E-state index contributed by atoms with van der Waals surface area (Å²) in [5.74, 6) is -13.6. The number of hydrogen-bond acceptors (Lipinski definition) is 19. The number of likely N-dealkylation sites (tertiary alicyclic amines) is 1. The molecular weight excluding hydrogens is 1210 g/mol. The number of H-pyrrole nitrogens is 1. The van der Waals surface area contributed by atoms with E-state index in [1.165, 1.54) is 19.1 Å². The number of carboxylic acids is 1. The minimum absolute atomic E-state index is 0.190. The van der Waals surface area contributed by atoms with Crippen LogP contribution in [-0.4, -0.2) is 180 Å². The van der Waals surface area contributed by atoms with E-state index in [1.807, 2.05) is 0 Å². The number of aromatic nitrogens is 1. The number of esters is 2. The van der Waals surface area contributed by atoms with Gasteiger partial charge in [0.1, 0.15) is 49.0 Å². The van der Waals surface area contributed by atoms with Gasteiger partial charge in [0, 0.05) is 61.9 Å². The number of nitro benzene ring substituents is 1. The van der Waals surface area contributed by atoms with E-state index in [9.17, 15) is 71.6 Å². The zero-order valence-corrected chi connectivity index (χ0v) is 51.5. The number of hydrogen-bond donors (Lipinski definition) is 10. The van der Waals surface area contributed by atoms with Crippen LogP contribution in [0.1, 0.15) is 104 Å². The molecule has 0 spiro atoms. The summed E-state index contributed by atoms with van der Waals surface area (Å²) in [5.41, 5.74) is 5.60. The lowest BCUT2D eigenvalue weighted by atomic mass is 9.95. The van der Waals surface area contributed by atoms with Gasteiger partial charge in [-0.25, -0.2) is 13.2 Å². The summed E-state index contributed by atoms with van der Waals surface area (Å²) >= 11 is 0.868. The standard InChI is InChI=1S/C57H77N11O19S2/c1-6-30(2)49-54(77)60-25-47(72)61-41(29-88-55-37(36-18-12-13-19-38(36)63-55)23-39(51(74)59-26-48(73)64-49)66-89(83,84)45-21-15-14-20-42(45)68(81)82)52(75)62-40(24-46(58)71)56(78)67-27-35(87-34-16-10-8-7-9-11-17-34)22-43(67)53(76)65-50(57(79)80)31(3)44(86-33(5)70)28-85-32(4)69/h12-15,18-21,30-31,34-35,39-41,43-44,49-50,63,66H,6-11,16-17,22-29H2,1-5H3,(H2,58,71)(H,59,74)(H,60,77)(H,61,72)(H,62,75)(H,64,73)(H,65,76)(H,79,80)/t30-,31-,35?,39?,40?,41?,43-,44-,49-,50-/m0/s1. The molecule has 8 amide bonds. The molecule has 10 atom stereocenters. The first-order chi connectivity index (χ1) is 42.2. The molecule has 3 aromatic rings. The number of aliphatic carboxylic acids is 1. The first kappa shape index (κ1) is 69.9. The van der Waals surface area contributed by atoms with E-state index in [0.717, 1.165) is 74.7 Å². The number of carbonyl (C=O) groups excluding carboxylic acids is 10. The van der Waals surface area contributed by atoms with E-state index in [-0.39, 0.29) is 29.7 Å². The van der Waals surface area contributed by atoms with Crippen molar-refractivity contribution in [3.8, 4) is 0 Å². The lowest BCUT2D eigenvalue weighted by molar-refractivity contribution is -0.387. The lowest BCUT2D eigenvalue weighted by Gasteiger charge is -2.32. The summed E-state index contributed by atoms with van der Waals surface area (Å²) in [7, 11) is -4.92. The number of carboxylic acid groups (broad SMARTS) is 1. The van der Waals surface area contributed by atoms with Gasteiger partial charge in [-0.2, -0.15) is 4.72 Å². The van der Waals surface area contributed by atoms with Crippen molar-refractivity contribution in [1.82, 2.24) is 46.5 Å². The van der Waals surface area contributed by atoms with E-state index < -0.39 is 189 Å². The maximum atomic E-state index is 15.1. The Hall–Kier alpha value is -8.23. The van der Waals surface area contributed by atoms with Gasteiger partial charge in [-0.3, -0.25) is 58.1 Å². The number of benzene rings is 2. The molecule has 0 bridgehead atoms. The highest BCUT2D eigenvalue weighted by Gasteiger charge is 2.46. The molecule has 4 unspecified atom stereocenters. The molecule has 3 aliphatic rings. The number of nitro groups is 1. The second-order valence-electron chi connectivity index (χ2n) is 22.2. The van der Waals surface area contributed by atoms with Gasteiger partial charge < -0.3 is 66.8 Å². The summed E-state index contributed by atoms with van der Waals surface area (Å²) in [6, 6.07) is 0.916. The highest BCUT2D eigenvalue weighted by Crippen LogP contribution is 2.33. The molecule has 1 saturated heterocycles. The second kappa shape index (κ2) is 32.3. The summed E-state index contributed by atoms with van der Waals surface area (Å²) in [6.45, 7) is 4.38. The van der Waals surface area contributed by atoms with Crippen molar-refractivity contribution in [2.45, 2.75) is 170 Å². The van der Waals surface area contributed by atoms with Gasteiger partial charge in [0.05, 0.1) is 41.7 Å². The van der Waals surface area contributed by atoms with Gasteiger partial charge in [-0.1, -0.05) is 89.6 Å². The molecule has 32 heteroatoms. The van der Waals surface area contributed by atoms with Gasteiger partial charge in [0.15, 0.2) is 4.90 Å². The number of nitrogens with one attached hydrogen (secondary N) is 8. The number of carbonyl (C=O) groups is 11. The largest absolute Gasteiger partial charge is 0.480 e. The second-order valence-corrected chi connectivity index (χ2v) is 24.9. The molecular formula is C57H77N11O19S2. The van der Waals surface area contributed by atoms with E-state index in [0.29, 0.717) is 30.2 Å². The van der Waals surface area contributed by atoms with E-state index >= 15 is 4.79 Å². The first-order valence-corrected chi connectivity index (χ1v) is 31.6. The van der Waals surface area contributed by atoms with Gasteiger partial charge in [0.2, 0.25) is 57.3 Å². The van der Waals surface area contributed by atoms with Crippen LogP contribution >= 0.6 is 11.8 Å². The van der Waals surface area contributed by atoms with Crippen LogP contribution in [0.15, 0.2) is 58.5 Å². The van der Waals surface area contributed by atoms with Crippen molar-refractivity contribution in [3.05, 3.63) is 64.2 Å². The quantitative estimate of drug-likeness (QED) is 0.0394. The van der Waals surface area contributed by atoms with Crippen LogP contribution in [0.2, 0.25) is 0 Å². The van der Waals surface area contributed by atoms with E-state index in [4.69, 9.17) is 19.9 Å². The van der Waals surface area contributed by atoms with Crippen LogP contribution in [0, 0.1) is 22.0 Å². The number of thioether (sulfide) groups is 1. The van der Waals surface area contributed by atoms with Gasteiger partial charge >= 0.3 is 17.9 Å². The number of para-hydroxylation sites is 2. The van der Waals surface area contributed by atoms with Crippen molar-refractivity contribution in [2.24, 2.45) is 17.6 Å². The molecule has 30 nitrogen and oxygen atoms in total. The number of fused-ring (bicyclic) bond motifs is 3. The molecule has 1 aliphatic carbocycles. The summed E-state index contributed by atoms with van der Waals surface area (Å²) in [5, 5.41) is 38.0. The molecule has 0 radical (unpaired) electrons. The van der Waals surface area contributed by atoms with E-state index in [2.05, 4.69) is 41.6 Å². The van der Waals surface area contributed by atoms with Crippen molar-refractivity contribution in [1.29, 1.82) is 0 Å². The highest BCUT2D eigenvalue weighted by atomic mass is 32.2. The molecule has 1 aromatic heterocycles. The van der Waals surface area contributed by atoms with Crippen molar-refractivity contribution in [3.63, 3.8) is 0 Å². The maximum absolute atomic E-state index is 15.1. The van der Waals surface area contributed by atoms with E-state index in [1.54, 1.807) is 38.1 Å². The molecule has 486 valence electrons. The Kier molecular flexibility index (Phi) is 25.4. The highest BCUT2D eigenvalue weighted by molar-refractivity contribution is 7.99. The van der Waals surface area contributed by atoms with Crippen LogP contribution < -0.4 is 42.4 Å². The molecule has 2 aliphatic heterocycles. The third-order valence-electron chi connectivity index (χ3n) is 15.6. The normalized spacial score (nSPS) is 22.0. The number of primary amides is 1. The van der Waals surface area contributed by atoms with Crippen molar-refractivity contribution in [2.75, 3.05) is 32.0 Å². The fourth-order valence-electron chi connectivity index (χ4n) is 10.7. The Balaban J connectivity index is 1.38. The maximum Gasteiger partial charge on any atom is 0.326 e. The van der Waals surface area contributed by atoms with Crippen molar-refractivity contribution < 1.29 is 85.4 Å². The average Bonchev–Trinajstić information content (AvgIpc) is 2.60. The number of amides is 8. The molecule has 11 N–H and O–H groups in total.